The van der Waals surface area contributed by atoms with Crippen LogP contribution in [0.3, 0.4) is 0 Å². The number of benzene rings is 1. The van der Waals surface area contributed by atoms with Crippen LogP contribution in [0.15, 0.2) is 12.1 Å². The molecule has 0 amide bonds. The van der Waals surface area contributed by atoms with E-state index in [1.807, 2.05) is 19.9 Å². The van der Waals surface area contributed by atoms with E-state index in [1.165, 1.54) is 9.87 Å². The second kappa shape index (κ2) is 6.24. The minimum atomic E-state index is -3.48. The zero-order valence-corrected chi connectivity index (χ0v) is 14.6. The van der Waals surface area contributed by atoms with Crippen molar-refractivity contribution in [1.29, 1.82) is 0 Å². The highest BCUT2D eigenvalue weighted by atomic mass is 32.2. The van der Waals surface area contributed by atoms with E-state index >= 15 is 0 Å². The first-order valence-electron chi connectivity index (χ1n) is 7.79. The van der Waals surface area contributed by atoms with Crippen LogP contribution in [-0.4, -0.2) is 44.0 Å². The molecule has 0 radical (unpaired) electrons. The second-order valence-electron chi connectivity index (χ2n) is 6.06. The summed E-state index contributed by atoms with van der Waals surface area (Å²) in [5, 5.41) is 1.16. The fourth-order valence-electron chi connectivity index (χ4n) is 2.97. The first kappa shape index (κ1) is 16.4. The van der Waals surface area contributed by atoms with E-state index < -0.39 is 10.2 Å². The summed E-state index contributed by atoms with van der Waals surface area (Å²) in [7, 11) is -3.48. The van der Waals surface area contributed by atoms with E-state index in [4.69, 9.17) is 4.74 Å². The monoisotopic (exact) mass is 337 g/mol. The van der Waals surface area contributed by atoms with Crippen LogP contribution in [0.5, 0.6) is 0 Å². The van der Waals surface area contributed by atoms with Crippen molar-refractivity contribution in [3.05, 3.63) is 34.5 Å². The molecule has 7 heteroatoms. The van der Waals surface area contributed by atoms with Crippen molar-refractivity contribution in [2.75, 3.05) is 26.3 Å². The first-order valence-corrected chi connectivity index (χ1v) is 9.23. The number of aromatic nitrogens is 1. The van der Waals surface area contributed by atoms with Crippen LogP contribution in [0.2, 0.25) is 0 Å². The van der Waals surface area contributed by atoms with Crippen molar-refractivity contribution in [1.82, 2.24) is 14.0 Å². The molecule has 1 fully saturated rings. The molecule has 126 valence electrons. The Labute approximate surface area is 137 Å². The van der Waals surface area contributed by atoms with Crippen molar-refractivity contribution in [2.24, 2.45) is 0 Å². The van der Waals surface area contributed by atoms with E-state index in [9.17, 15) is 8.42 Å². The number of H-pyrrole nitrogens is 1. The lowest BCUT2D eigenvalue weighted by molar-refractivity contribution is 0.0725. The topological polar surface area (TPSA) is 74.4 Å². The lowest BCUT2D eigenvalue weighted by atomic mass is 10.1. The van der Waals surface area contributed by atoms with Crippen LogP contribution >= 0.6 is 0 Å². The fourth-order valence-corrected chi connectivity index (χ4v) is 4.12. The molecule has 2 aromatic rings. The first-order chi connectivity index (χ1) is 10.9. The minimum absolute atomic E-state index is 0.275. The van der Waals surface area contributed by atoms with Gasteiger partial charge in [-0.3, -0.25) is 0 Å². The Morgan fingerprint density at radius 3 is 2.61 bits per heavy atom. The van der Waals surface area contributed by atoms with Crippen molar-refractivity contribution in [3.63, 3.8) is 0 Å². The van der Waals surface area contributed by atoms with Crippen LogP contribution in [0, 0.1) is 20.8 Å². The van der Waals surface area contributed by atoms with Crippen molar-refractivity contribution < 1.29 is 13.2 Å². The second-order valence-corrected chi connectivity index (χ2v) is 7.81. The van der Waals surface area contributed by atoms with Gasteiger partial charge >= 0.3 is 0 Å². The Kier molecular flexibility index (Phi) is 4.46. The maximum Gasteiger partial charge on any atom is 0.279 e. The smallest absolute Gasteiger partial charge is 0.279 e. The van der Waals surface area contributed by atoms with Gasteiger partial charge in [0.25, 0.3) is 10.2 Å². The summed E-state index contributed by atoms with van der Waals surface area (Å²) in [6.45, 7) is 8.12. The zero-order chi connectivity index (χ0) is 16.6. The van der Waals surface area contributed by atoms with Gasteiger partial charge in [-0.1, -0.05) is 11.6 Å². The molecule has 1 aliphatic rings. The van der Waals surface area contributed by atoms with Crippen LogP contribution < -0.4 is 4.72 Å². The highest BCUT2D eigenvalue weighted by Crippen LogP contribution is 2.26. The number of morpholine rings is 1. The number of rotatable bonds is 4. The maximum atomic E-state index is 12.4. The number of hydrogen-bond donors (Lipinski definition) is 2. The molecular formula is C16H23N3O3S. The molecule has 1 aromatic heterocycles. The molecule has 1 aliphatic heterocycles. The van der Waals surface area contributed by atoms with Gasteiger partial charge in [0.1, 0.15) is 0 Å². The summed E-state index contributed by atoms with van der Waals surface area (Å²) in [6, 6.07) is 4.16. The summed E-state index contributed by atoms with van der Waals surface area (Å²) < 4.78 is 34.2. The van der Waals surface area contributed by atoms with Crippen molar-refractivity contribution in [3.8, 4) is 0 Å². The number of fused-ring (bicyclic) bond motifs is 1. The fraction of sp³-hybridized carbons (Fsp3) is 0.500. The van der Waals surface area contributed by atoms with E-state index in [0.29, 0.717) is 26.3 Å². The summed E-state index contributed by atoms with van der Waals surface area (Å²) in [5.74, 6) is 0. The number of nitrogens with one attached hydrogen (secondary N) is 2. The van der Waals surface area contributed by atoms with Crippen molar-refractivity contribution >= 4 is 21.1 Å². The molecule has 0 spiro atoms. The largest absolute Gasteiger partial charge is 0.379 e. The predicted molar refractivity (Wildman–Crippen MR) is 90.7 cm³/mol. The van der Waals surface area contributed by atoms with Gasteiger partial charge in [0.2, 0.25) is 0 Å². The summed E-state index contributed by atoms with van der Waals surface area (Å²) in [6.07, 6.45) is 0. The number of aromatic amines is 1. The molecule has 1 saturated heterocycles. The summed E-state index contributed by atoms with van der Waals surface area (Å²) in [4.78, 5) is 3.37. The lowest BCUT2D eigenvalue weighted by Gasteiger charge is -2.26. The number of nitrogens with zero attached hydrogens (tertiary/aromatic N) is 1. The molecule has 0 aliphatic carbocycles. The highest BCUT2D eigenvalue weighted by Gasteiger charge is 2.24. The number of ether oxygens (including phenoxy) is 1. The van der Waals surface area contributed by atoms with E-state index in [1.54, 1.807) is 0 Å². The van der Waals surface area contributed by atoms with Crippen LogP contribution in [-0.2, 0) is 21.5 Å². The third-order valence-electron chi connectivity index (χ3n) is 4.40. The van der Waals surface area contributed by atoms with E-state index in [0.717, 1.165) is 27.7 Å². The molecule has 3 rings (SSSR count). The Morgan fingerprint density at radius 1 is 1.22 bits per heavy atom. The Hall–Kier alpha value is -1.41. The molecule has 2 N–H and O–H groups in total. The number of hydrogen-bond acceptors (Lipinski definition) is 3. The standard InChI is InChI=1S/C16H23N3O3S/c1-11-8-14(16-15(9-11)12(2)13(3)18-16)10-17-23(20,21)19-4-6-22-7-5-19/h8-9,17-18H,4-7,10H2,1-3H3. The summed E-state index contributed by atoms with van der Waals surface area (Å²) >= 11 is 0. The van der Waals surface area contributed by atoms with Gasteiger partial charge in [-0.2, -0.15) is 17.4 Å². The minimum Gasteiger partial charge on any atom is -0.379 e. The van der Waals surface area contributed by atoms with Gasteiger partial charge < -0.3 is 9.72 Å². The van der Waals surface area contributed by atoms with Crippen molar-refractivity contribution in [2.45, 2.75) is 27.3 Å². The van der Waals surface area contributed by atoms with Crippen LogP contribution in [0.25, 0.3) is 10.9 Å². The molecule has 0 unspecified atom stereocenters. The Bertz CT molecular complexity index is 821. The van der Waals surface area contributed by atoms with Gasteiger partial charge in [0.05, 0.1) is 18.7 Å². The quantitative estimate of drug-likeness (QED) is 0.893. The lowest BCUT2D eigenvalue weighted by Crippen LogP contribution is -2.46. The van der Waals surface area contributed by atoms with Gasteiger partial charge in [-0.05, 0) is 38.0 Å². The number of aryl methyl sites for hydroxylation is 3. The van der Waals surface area contributed by atoms with E-state index in [2.05, 4.69) is 22.7 Å². The molecule has 0 atom stereocenters. The van der Waals surface area contributed by atoms with Gasteiger partial charge in [-0.25, -0.2) is 0 Å². The Balaban J connectivity index is 1.85. The normalized spacial score (nSPS) is 17.0. The molecule has 6 nitrogen and oxygen atoms in total. The molecule has 0 bridgehead atoms. The molecule has 1 aromatic carbocycles. The average molecular weight is 337 g/mol. The zero-order valence-electron chi connectivity index (χ0n) is 13.8. The SMILES string of the molecule is Cc1cc(CNS(=O)(=O)N2CCOCC2)c2[nH]c(C)c(C)c2c1. The van der Waals surface area contributed by atoms with Crippen LogP contribution in [0.1, 0.15) is 22.4 Å². The third-order valence-corrected chi connectivity index (χ3v) is 5.95. The predicted octanol–water partition coefficient (Wildman–Crippen LogP) is 1.76. The molecule has 0 saturated carbocycles. The highest BCUT2D eigenvalue weighted by molar-refractivity contribution is 7.87. The van der Waals surface area contributed by atoms with E-state index in [-0.39, 0.29) is 6.54 Å². The Morgan fingerprint density at radius 2 is 1.91 bits per heavy atom. The van der Waals surface area contributed by atoms with Gasteiger partial charge in [0.15, 0.2) is 0 Å². The van der Waals surface area contributed by atoms with Gasteiger partial charge in [0, 0.05) is 30.7 Å². The molecular weight excluding hydrogens is 314 g/mol. The molecule has 2 heterocycles. The average Bonchev–Trinajstić information content (AvgIpc) is 2.81. The maximum absolute atomic E-state index is 12.4. The molecule has 23 heavy (non-hydrogen) atoms. The van der Waals surface area contributed by atoms with Crippen LogP contribution in [0.4, 0.5) is 0 Å². The van der Waals surface area contributed by atoms with Gasteiger partial charge in [-0.15, -0.1) is 0 Å². The third kappa shape index (κ3) is 3.28. The summed E-state index contributed by atoms with van der Waals surface area (Å²) in [5.41, 5.74) is 5.42.